The second-order valence-corrected chi connectivity index (χ2v) is 7.46. The Hall–Kier alpha value is -2.84. The third-order valence-corrected chi connectivity index (χ3v) is 3.39. The van der Waals surface area contributed by atoms with Crippen molar-refractivity contribution in [2.75, 3.05) is 6.61 Å². The van der Waals surface area contributed by atoms with Gasteiger partial charge in [-0.25, -0.2) is 9.59 Å². The van der Waals surface area contributed by atoms with Crippen molar-refractivity contribution in [3.05, 3.63) is 59.7 Å². The summed E-state index contributed by atoms with van der Waals surface area (Å²) in [6.07, 6.45) is 5.03. The number of esters is 2. The lowest BCUT2D eigenvalue weighted by Crippen LogP contribution is -2.23. The third-order valence-electron chi connectivity index (χ3n) is 3.39. The summed E-state index contributed by atoms with van der Waals surface area (Å²) in [5.41, 5.74) is 1.46. The van der Waals surface area contributed by atoms with Crippen LogP contribution in [0.5, 0.6) is 0 Å². The topological polar surface area (TPSA) is 61.8 Å². The number of ether oxygens (including phenoxy) is 3. The Kier molecular flexibility index (Phi) is 10.5. The lowest BCUT2D eigenvalue weighted by Gasteiger charge is -2.17. The van der Waals surface area contributed by atoms with Crippen LogP contribution in [0.1, 0.15) is 46.6 Å². The van der Waals surface area contributed by atoms with Gasteiger partial charge in [-0.05, 0) is 52.5 Å². The minimum atomic E-state index is -0.713. The molecule has 5 nitrogen and oxygen atoms in total. The van der Waals surface area contributed by atoms with Crippen LogP contribution >= 0.6 is 0 Å². The molecule has 0 aliphatic heterocycles. The Morgan fingerprint density at radius 3 is 2.48 bits per heavy atom. The highest BCUT2D eigenvalue weighted by molar-refractivity contribution is 5.89. The van der Waals surface area contributed by atoms with Crippen molar-refractivity contribution >= 4 is 11.9 Å². The minimum Gasteiger partial charge on any atom is -0.450 e. The van der Waals surface area contributed by atoms with Gasteiger partial charge < -0.3 is 14.2 Å². The zero-order valence-electron chi connectivity index (χ0n) is 17.9. The highest BCUT2D eigenvalue weighted by Gasteiger charge is 2.14. The van der Waals surface area contributed by atoms with Crippen LogP contribution in [0, 0.1) is 11.8 Å². The van der Waals surface area contributed by atoms with Gasteiger partial charge in [0.2, 0.25) is 0 Å². The summed E-state index contributed by atoms with van der Waals surface area (Å²) in [7, 11) is 0. The van der Waals surface area contributed by atoms with Crippen LogP contribution in [-0.2, 0) is 30.4 Å². The maximum Gasteiger partial charge on any atom is 0.384 e. The van der Waals surface area contributed by atoms with Crippen molar-refractivity contribution < 1.29 is 23.8 Å². The molecule has 1 rings (SSSR count). The van der Waals surface area contributed by atoms with Gasteiger partial charge in [0.05, 0.1) is 13.2 Å². The minimum absolute atomic E-state index is 0.524. The van der Waals surface area contributed by atoms with E-state index < -0.39 is 23.6 Å². The lowest BCUT2D eigenvalue weighted by molar-refractivity contribution is -0.147. The molecular formula is C24H30O5. The molecule has 0 spiro atoms. The number of hydrogen-bond donors (Lipinski definition) is 0. The Morgan fingerprint density at radius 1 is 1.14 bits per heavy atom. The van der Waals surface area contributed by atoms with Gasteiger partial charge in [-0.3, -0.25) is 0 Å². The second kappa shape index (κ2) is 12.6. The molecular weight excluding hydrogens is 368 g/mol. The van der Waals surface area contributed by atoms with E-state index in [2.05, 4.69) is 11.8 Å². The average molecular weight is 398 g/mol. The van der Waals surface area contributed by atoms with Crippen LogP contribution in [0.3, 0.4) is 0 Å². The van der Waals surface area contributed by atoms with Crippen LogP contribution in [0.15, 0.2) is 54.1 Å². The van der Waals surface area contributed by atoms with Gasteiger partial charge in [-0.15, -0.1) is 0 Å². The van der Waals surface area contributed by atoms with Crippen LogP contribution in [0.4, 0.5) is 0 Å². The van der Waals surface area contributed by atoms with Crippen molar-refractivity contribution in [1.29, 1.82) is 0 Å². The highest BCUT2D eigenvalue weighted by Crippen LogP contribution is 2.06. The van der Waals surface area contributed by atoms with Gasteiger partial charge in [0.1, 0.15) is 5.60 Å². The third kappa shape index (κ3) is 13.0. The van der Waals surface area contributed by atoms with Gasteiger partial charge in [0.15, 0.2) is 6.10 Å². The predicted molar refractivity (Wildman–Crippen MR) is 113 cm³/mol. The summed E-state index contributed by atoms with van der Waals surface area (Å²) in [5, 5.41) is 0. The van der Waals surface area contributed by atoms with Gasteiger partial charge in [-0.2, -0.15) is 0 Å². The zero-order valence-corrected chi connectivity index (χ0v) is 17.9. The van der Waals surface area contributed by atoms with E-state index in [9.17, 15) is 9.59 Å². The van der Waals surface area contributed by atoms with E-state index in [1.54, 1.807) is 33.8 Å². The SMILES string of the molecule is CC(/C=C/C(=O)O[C@H](C)C#CC(=O)OC(C)(C)C)=C\CCOCc1ccccc1. The molecule has 0 N–H and O–H groups in total. The largest absolute Gasteiger partial charge is 0.450 e. The number of rotatable bonds is 8. The average Bonchev–Trinajstić information content (AvgIpc) is 2.64. The molecule has 156 valence electrons. The van der Waals surface area contributed by atoms with Crippen LogP contribution in [0.25, 0.3) is 0 Å². The first-order chi connectivity index (χ1) is 13.7. The summed E-state index contributed by atoms with van der Waals surface area (Å²) < 4.78 is 15.8. The van der Waals surface area contributed by atoms with E-state index in [0.717, 1.165) is 17.6 Å². The van der Waals surface area contributed by atoms with Gasteiger partial charge in [0, 0.05) is 12.0 Å². The summed E-state index contributed by atoms with van der Waals surface area (Å²) in [6, 6.07) is 9.98. The number of hydrogen-bond acceptors (Lipinski definition) is 5. The molecule has 0 unspecified atom stereocenters. The number of carbonyl (C=O) groups is 2. The molecule has 0 aliphatic rings. The summed E-state index contributed by atoms with van der Waals surface area (Å²) in [5.74, 6) is 3.70. The molecule has 1 aromatic rings. The van der Waals surface area contributed by atoms with Crippen molar-refractivity contribution in [1.82, 2.24) is 0 Å². The van der Waals surface area contributed by atoms with Gasteiger partial charge in [0.25, 0.3) is 0 Å². The van der Waals surface area contributed by atoms with Crippen LogP contribution in [0.2, 0.25) is 0 Å². The molecule has 1 atom stereocenters. The maximum atomic E-state index is 11.8. The first-order valence-electron chi connectivity index (χ1n) is 9.57. The van der Waals surface area contributed by atoms with E-state index >= 15 is 0 Å². The van der Waals surface area contributed by atoms with E-state index in [-0.39, 0.29) is 0 Å². The number of benzene rings is 1. The molecule has 0 heterocycles. The number of carbonyl (C=O) groups excluding carboxylic acids is 2. The monoisotopic (exact) mass is 398 g/mol. The fraction of sp³-hybridized carbons (Fsp3) is 0.417. The second-order valence-electron chi connectivity index (χ2n) is 7.46. The Balaban J connectivity index is 2.31. The molecule has 0 saturated heterocycles. The molecule has 0 amide bonds. The molecule has 0 aliphatic carbocycles. The summed E-state index contributed by atoms with van der Waals surface area (Å²) in [4.78, 5) is 23.3. The summed E-state index contributed by atoms with van der Waals surface area (Å²) >= 11 is 0. The molecule has 5 heteroatoms. The molecule has 1 aromatic carbocycles. The molecule has 29 heavy (non-hydrogen) atoms. The Bertz CT molecular complexity index is 773. The van der Waals surface area contributed by atoms with Gasteiger partial charge in [-0.1, -0.05) is 48.1 Å². The first-order valence-corrected chi connectivity index (χ1v) is 9.57. The van der Waals surface area contributed by atoms with E-state index in [4.69, 9.17) is 14.2 Å². The molecule has 0 radical (unpaired) electrons. The van der Waals surface area contributed by atoms with Crippen molar-refractivity contribution in [2.24, 2.45) is 0 Å². The predicted octanol–water partition coefficient (Wildman–Crippen LogP) is 4.37. The van der Waals surface area contributed by atoms with Crippen molar-refractivity contribution in [3.8, 4) is 11.8 Å². The lowest BCUT2D eigenvalue weighted by atomic mass is 10.2. The molecule has 0 fully saturated rings. The van der Waals surface area contributed by atoms with E-state index in [1.807, 2.05) is 43.3 Å². The quantitative estimate of drug-likeness (QED) is 0.162. The molecule has 0 bridgehead atoms. The van der Waals surface area contributed by atoms with E-state index in [1.165, 1.54) is 6.08 Å². The van der Waals surface area contributed by atoms with Gasteiger partial charge >= 0.3 is 11.9 Å². The van der Waals surface area contributed by atoms with Crippen molar-refractivity contribution in [3.63, 3.8) is 0 Å². The fourth-order valence-electron chi connectivity index (χ4n) is 2.11. The normalized spacial score (nSPS) is 12.8. The molecule has 0 saturated carbocycles. The fourth-order valence-corrected chi connectivity index (χ4v) is 2.11. The van der Waals surface area contributed by atoms with Crippen molar-refractivity contribution in [2.45, 2.75) is 59.4 Å². The standard InChI is InChI=1S/C24H30O5/c1-19(10-9-17-27-18-21-11-7-6-8-12-21)13-15-22(25)28-20(2)14-16-23(26)29-24(3,4)5/h6-8,10-13,15,20H,9,17-18H2,1-5H3/b15-13+,19-10+/t20-/m1/s1. The molecule has 0 aromatic heterocycles. The Labute approximate surface area is 173 Å². The Morgan fingerprint density at radius 2 is 1.83 bits per heavy atom. The maximum absolute atomic E-state index is 11.8. The first kappa shape index (κ1) is 24.2. The van der Waals surface area contributed by atoms with E-state index in [0.29, 0.717) is 13.2 Å². The smallest absolute Gasteiger partial charge is 0.384 e. The zero-order chi connectivity index (χ0) is 21.7. The highest BCUT2D eigenvalue weighted by atomic mass is 16.6. The van der Waals surface area contributed by atoms with Crippen LogP contribution in [-0.4, -0.2) is 30.3 Å². The summed E-state index contributed by atoms with van der Waals surface area (Å²) in [6.45, 7) is 9.94. The number of allylic oxidation sites excluding steroid dienone is 2. The van der Waals surface area contributed by atoms with Crippen LogP contribution < -0.4 is 0 Å².